The fourth-order valence-corrected chi connectivity index (χ4v) is 1.60. The molecule has 0 atom stereocenters. The highest BCUT2D eigenvalue weighted by molar-refractivity contribution is 5.78. The van der Waals surface area contributed by atoms with Gasteiger partial charge in [-0.1, -0.05) is 36.8 Å². The van der Waals surface area contributed by atoms with Gasteiger partial charge >= 0.3 is 0 Å². The molecule has 0 aromatic heterocycles. The fourth-order valence-electron chi connectivity index (χ4n) is 1.60. The van der Waals surface area contributed by atoms with Crippen LogP contribution in [0.2, 0.25) is 0 Å². The van der Waals surface area contributed by atoms with E-state index in [0.717, 1.165) is 11.3 Å². The van der Waals surface area contributed by atoms with Crippen molar-refractivity contribution in [3.8, 4) is 0 Å². The second kappa shape index (κ2) is 4.75. The Bertz CT molecular complexity index is 498. The molecule has 2 aromatic rings. The summed E-state index contributed by atoms with van der Waals surface area (Å²) >= 11 is 0. The van der Waals surface area contributed by atoms with E-state index in [2.05, 4.69) is 37.4 Å². The fraction of sp³-hybridized carbons (Fsp3) is 0.133. The van der Waals surface area contributed by atoms with E-state index in [0.29, 0.717) is 0 Å². The van der Waals surface area contributed by atoms with E-state index in [-0.39, 0.29) is 0 Å². The van der Waals surface area contributed by atoms with Crippen LogP contribution in [0.3, 0.4) is 0 Å². The zero-order chi connectivity index (χ0) is 11.4. The van der Waals surface area contributed by atoms with Crippen molar-refractivity contribution < 1.29 is 4.58 Å². The highest BCUT2D eigenvalue weighted by atomic mass is 15.0. The Labute approximate surface area is 96.7 Å². The molecule has 0 heterocycles. The average Bonchev–Trinajstić information content (AvgIpc) is 2.33. The molecule has 0 fully saturated rings. The first-order valence-electron chi connectivity index (χ1n) is 5.38. The maximum absolute atomic E-state index is 3.36. The van der Waals surface area contributed by atoms with Gasteiger partial charge < -0.3 is 0 Å². The van der Waals surface area contributed by atoms with Crippen molar-refractivity contribution >= 4 is 11.9 Å². The van der Waals surface area contributed by atoms with Crippen molar-refractivity contribution in [2.75, 3.05) is 7.05 Å². The topological polar surface area (TPSA) is 3.01 Å². The third-order valence-corrected chi connectivity index (χ3v) is 2.58. The summed E-state index contributed by atoms with van der Waals surface area (Å²) in [6.45, 7) is 2.10. The zero-order valence-electron chi connectivity index (χ0n) is 9.64. The van der Waals surface area contributed by atoms with Crippen LogP contribution in [0.5, 0.6) is 0 Å². The Morgan fingerprint density at radius 3 is 2.19 bits per heavy atom. The Morgan fingerprint density at radius 1 is 0.875 bits per heavy atom. The van der Waals surface area contributed by atoms with Crippen LogP contribution in [0.15, 0.2) is 54.6 Å². The maximum Gasteiger partial charge on any atom is 0.153 e. The molecule has 80 valence electrons. The molecule has 1 heteroatoms. The summed E-state index contributed by atoms with van der Waals surface area (Å²) in [7, 11) is 2.02. The standard InChI is InChI=1S/C15H15N/c1-13-8-6-7-9-14(13)12-16(2)15-10-4-3-5-11-15/h3-11H,1-2H3. The summed E-state index contributed by atoms with van der Waals surface area (Å²) in [6.07, 6.45) is 3.36. The van der Waals surface area contributed by atoms with E-state index in [4.69, 9.17) is 0 Å². The van der Waals surface area contributed by atoms with Crippen LogP contribution < -0.4 is 0 Å². The maximum atomic E-state index is 3.36. The molecular weight excluding hydrogens is 194 g/mol. The van der Waals surface area contributed by atoms with Crippen LogP contribution >= 0.6 is 0 Å². The second-order valence-electron chi connectivity index (χ2n) is 3.82. The van der Waals surface area contributed by atoms with Crippen molar-refractivity contribution in [2.45, 2.75) is 6.92 Å². The molecule has 0 N–H and O–H groups in total. The number of aryl methyl sites for hydroxylation is 1. The molecule has 0 aliphatic carbocycles. The lowest BCUT2D eigenvalue weighted by molar-refractivity contribution is -0.399. The second-order valence-corrected chi connectivity index (χ2v) is 3.82. The van der Waals surface area contributed by atoms with Crippen LogP contribution in [-0.2, 0) is 0 Å². The first-order chi connectivity index (χ1) is 7.77. The Morgan fingerprint density at radius 2 is 1.50 bits per heavy atom. The predicted molar refractivity (Wildman–Crippen MR) is 67.6 cm³/mol. The van der Waals surface area contributed by atoms with Gasteiger partial charge in [-0.25, -0.2) is 0 Å². The van der Waals surface area contributed by atoms with E-state index in [1.54, 1.807) is 0 Å². The van der Waals surface area contributed by atoms with E-state index in [1.165, 1.54) is 5.56 Å². The van der Waals surface area contributed by atoms with Gasteiger partial charge in [-0.15, -0.1) is 23.8 Å². The van der Waals surface area contributed by atoms with Gasteiger partial charge in [0.25, 0.3) is 0 Å². The number of rotatable bonds is 2. The van der Waals surface area contributed by atoms with Gasteiger partial charge in [-0.05, 0) is 12.1 Å². The number of hydrogen-bond acceptors (Lipinski definition) is 0. The minimum absolute atomic E-state index is 1.13. The summed E-state index contributed by atoms with van der Waals surface area (Å²) in [6, 6.07) is 18.5. The molecule has 0 aliphatic rings. The Hall–Kier alpha value is -1.89. The highest BCUT2D eigenvalue weighted by Gasteiger charge is 1.96. The van der Waals surface area contributed by atoms with Crippen LogP contribution in [0, 0.1) is 6.92 Å². The largest absolute Gasteiger partial charge is 0.277 e. The van der Waals surface area contributed by atoms with Gasteiger partial charge in [0.1, 0.15) is 12.7 Å². The van der Waals surface area contributed by atoms with E-state index in [1.807, 2.05) is 42.0 Å². The Kier molecular flexibility index (Phi) is 3.16. The normalized spacial score (nSPS) is 11.5. The van der Waals surface area contributed by atoms with E-state index < -0.39 is 0 Å². The minimum Gasteiger partial charge on any atom is -0.277 e. The first-order valence-corrected chi connectivity index (χ1v) is 5.38. The molecule has 2 rings (SSSR count). The number of hydrogen-bond donors (Lipinski definition) is 0. The van der Waals surface area contributed by atoms with Crippen molar-refractivity contribution in [3.63, 3.8) is 0 Å². The SMILES string of the molecule is Cc1ccccc1[C-]=[N+](C)c1ccccc1. The summed E-state index contributed by atoms with van der Waals surface area (Å²) in [5, 5.41) is 0. The molecule has 0 radical (unpaired) electrons. The monoisotopic (exact) mass is 209 g/mol. The van der Waals surface area contributed by atoms with Crippen LogP contribution in [0.25, 0.3) is 0 Å². The lowest BCUT2D eigenvalue weighted by Crippen LogP contribution is -2.01. The zero-order valence-corrected chi connectivity index (χ0v) is 9.64. The molecule has 0 amide bonds. The molecule has 2 aromatic carbocycles. The lowest BCUT2D eigenvalue weighted by atomic mass is 10.1. The molecular formula is C15H15N. The number of nitrogens with zero attached hydrogens (tertiary/aromatic N) is 1. The van der Waals surface area contributed by atoms with Crippen molar-refractivity contribution in [1.29, 1.82) is 0 Å². The number of benzene rings is 2. The molecule has 0 unspecified atom stereocenters. The first kappa shape index (κ1) is 10.6. The third kappa shape index (κ3) is 2.37. The van der Waals surface area contributed by atoms with E-state index >= 15 is 0 Å². The van der Waals surface area contributed by atoms with Gasteiger partial charge in [0.05, 0.1) is 0 Å². The smallest absolute Gasteiger partial charge is 0.153 e. The molecule has 0 saturated carbocycles. The summed E-state index contributed by atoms with van der Waals surface area (Å²) in [5.41, 5.74) is 3.52. The molecule has 16 heavy (non-hydrogen) atoms. The quantitative estimate of drug-likeness (QED) is 0.406. The van der Waals surface area contributed by atoms with Gasteiger partial charge in [-0.2, -0.15) is 0 Å². The van der Waals surface area contributed by atoms with Crippen LogP contribution in [-0.4, -0.2) is 17.8 Å². The van der Waals surface area contributed by atoms with Gasteiger partial charge in [0.15, 0.2) is 6.21 Å². The predicted octanol–water partition coefficient (Wildman–Crippen LogP) is 3.26. The third-order valence-electron chi connectivity index (χ3n) is 2.58. The molecule has 0 saturated heterocycles. The molecule has 0 spiro atoms. The van der Waals surface area contributed by atoms with Gasteiger partial charge in [-0.3, -0.25) is 4.58 Å². The average molecular weight is 209 g/mol. The highest BCUT2D eigenvalue weighted by Crippen LogP contribution is 2.10. The Balaban J connectivity index is 2.36. The minimum atomic E-state index is 1.13. The summed E-state index contributed by atoms with van der Waals surface area (Å²) in [5.74, 6) is 0. The van der Waals surface area contributed by atoms with Crippen LogP contribution in [0.4, 0.5) is 5.69 Å². The summed E-state index contributed by atoms with van der Waals surface area (Å²) in [4.78, 5) is 0. The number of para-hydroxylation sites is 1. The lowest BCUT2D eigenvalue weighted by Gasteiger charge is -2.05. The van der Waals surface area contributed by atoms with Crippen molar-refractivity contribution in [2.24, 2.45) is 0 Å². The van der Waals surface area contributed by atoms with Gasteiger partial charge in [0.2, 0.25) is 0 Å². The van der Waals surface area contributed by atoms with Gasteiger partial charge in [0, 0.05) is 0 Å². The van der Waals surface area contributed by atoms with Crippen LogP contribution in [0.1, 0.15) is 11.1 Å². The van der Waals surface area contributed by atoms with Crippen molar-refractivity contribution in [1.82, 2.24) is 0 Å². The summed E-state index contributed by atoms with van der Waals surface area (Å²) < 4.78 is 2.02. The van der Waals surface area contributed by atoms with E-state index in [9.17, 15) is 0 Å². The molecule has 0 bridgehead atoms. The van der Waals surface area contributed by atoms with Crippen molar-refractivity contribution in [3.05, 3.63) is 65.7 Å². The molecule has 1 nitrogen and oxygen atoms in total. The molecule has 0 aliphatic heterocycles.